The van der Waals surface area contributed by atoms with E-state index < -0.39 is 11.8 Å². The third-order valence-corrected chi connectivity index (χ3v) is 2.25. The molecule has 1 saturated heterocycles. The van der Waals surface area contributed by atoms with E-state index in [1.165, 1.54) is 0 Å². The maximum Gasteiger partial charge on any atom is 0.330 e. The monoisotopic (exact) mass is 200 g/mol. The van der Waals surface area contributed by atoms with Crippen LogP contribution in [-0.4, -0.2) is 31.6 Å². The molecule has 0 amide bonds. The predicted molar refractivity (Wildman–Crippen MR) is 50.7 cm³/mol. The first-order valence-corrected chi connectivity index (χ1v) is 4.79. The molecule has 0 saturated carbocycles. The Hall–Kier alpha value is -0.870. The minimum Gasteiger partial charge on any atom is -0.462 e. The van der Waals surface area contributed by atoms with Gasteiger partial charge >= 0.3 is 5.97 Å². The van der Waals surface area contributed by atoms with Crippen molar-refractivity contribution in [1.82, 2.24) is 0 Å². The molecule has 0 aromatic heterocycles. The Labute approximate surface area is 83.8 Å². The average molecular weight is 200 g/mol. The Bertz CT molecular complexity index is 206. The lowest BCUT2D eigenvalue weighted by molar-refractivity contribution is -0.174. The summed E-state index contributed by atoms with van der Waals surface area (Å²) >= 11 is 0. The smallest absolute Gasteiger partial charge is 0.330 e. The minimum absolute atomic E-state index is 0.304. The van der Waals surface area contributed by atoms with Crippen molar-refractivity contribution < 1.29 is 19.0 Å². The summed E-state index contributed by atoms with van der Waals surface area (Å²) in [7, 11) is 0. The van der Waals surface area contributed by atoms with Gasteiger partial charge in [-0.1, -0.05) is 13.5 Å². The first-order chi connectivity index (χ1) is 6.72. The van der Waals surface area contributed by atoms with Gasteiger partial charge in [0.05, 0.1) is 19.8 Å². The van der Waals surface area contributed by atoms with Crippen LogP contribution < -0.4 is 0 Å². The van der Waals surface area contributed by atoms with E-state index in [4.69, 9.17) is 14.2 Å². The lowest BCUT2D eigenvalue weighted by atomic mass is 10.1. The molecule has 0 bridgehead atoms. The highest BCUT2D eigenvalue weighted by Crippen LogP contribution is 2.26. The quantitative estimate of drug-likeness (QED) is 0.495. The third kappa shape index (κ3) is 2.82. The van der Waals surface area contributed by atoms with Crippen molar-refractivity contribution in [2.45, 2.75) is 25.6 Å². The van der Waals surface area contributed by atoms with E-state index in [1.807, 2.05) is 6.92 Å². The van der Waals surface area contributed by atoms with Crippen molar-refractivity contribution in [3.8, 4) is 0 Å². The van der Waals surface area contributed by atoms with Gasteiger partial charge in [-0.05, 0) is 6.42 Å². The molecule has 1 aliphatic heterocycles. The molecule has 0 unspecified atom stereocenters. The average Bonchev–Trinajstić information content (AvgIpc) is 2.67. The number of esters is 1. The van der Waals surface area contributed by atoms with E-state index in [2.05, 4.69) is 6.58 Å². The lowest BCUT2D eigenvalue weighted by Crippen LogP contribution is -2.31. The molecule has 0 aromatic rings. The topological polar surface area (TPSA) is 44.8 Å². The second-order valence-electron chi connectivity index (χ2n) is 3.08. The molecule has 4 heteroatoms. The second-order valence-corrected chi connectivity index (χ2v) is 3.08. The zero-order chi connectivity index (χ0) is 10.4. The highest BCUT2D eigenvalue weighted by Gasteiger charge is 2.34. The molecule has 0 radical (unpaired) electrons. The van der Waals surface area contributed by atoms with Crippen LogP contribution in [0.4, 0.5) is 0 Å². The first kappa shape index (κ1) is 11.2. The molecule has 0 aromatic carbocycles. The van der Waals surface area contributed by atoms with Gasteiger partial charge in [0.15, 0.2) is 5.79 Å². The van der Waals surface area contributed by atoms with Gasteiger partial charge in [0.2, 0.25) is 0 Å². The molecular weight excluding hydrogens is 184 g/mol. The Morgan fingerprint density at radius 1 is 1.57 bits per heavy atom. The molecule has 4 nitrogen and oxygen atoms in total. The van der Waals surface area contributed by atoms with E-state index in [9.17, 15) is 4.79 Å². The van der Waals surface area contributed by atoms with Crippen LogP contribution >= 0.6 is 0 Å². The van der Waals surface area contributed by atoms with Crippen molar-refractivity contribution in [1.29, 1.82) is 0 Å². The third-order valence-electron chi connectivity index (χ3n) is 2.25. The molecule has 80 valence electrons. The summed E-state index contributed by atoms with van der Waals surface area (Å²) in [6.45, 7) is 6.83. The maximum atomic E-state index is 10.8. The van der Waals surface area contributed by atoms with Gasteiger partial charge in [0.25, 0.3) is 0 Å². The predicted octanol–water partition coefficient (Wildman–Crippen LogP) is 1.26. The molecule has 1 fully saturated rings. The minimum atomic E-state index is -0.540. The van der Waals surface area contributed by atoms with Gasteiger partial charge in [-0.3, -0.25) is 0 Å². The van der Waals surface area contributed by atoms with Crippen LogP contribution in [0.1, 0.15) is 19.8 Å². The van der Waals surface area contributed by atoms with Gasteiger partial charge in [-0.15, -0.1) is 0 Å². The Balaban J connectivity index is 2.27. The van der Waals surface area contributed by atoms with Crippen molar-refractivity contribution in [2.75, 3.05) is 19.8 Å². The van der Waals surface area contributed by atoms with E-state index in [-0.39, 0.29) is 0 Å². The van der Waals surface area contributed by atoms with Crippen LogP contribution in [0.5, 0.6) is 0 Å². The Morgan fingerprint density at radius 3 is 2.71 bits per heavy atom. The maximum absolute atomic E-state index is 10.8. The largest absolute Gasteiger partial charge is 0.462 e. The molecule has 1 heterocycles. The fraction of sp³-hybridized carbons (Fsp3) is 0.700. The van der Waals surface area contributed by atoms with Crippen LogP contribution in [0.2, 0.25) is 0 Å². The number of ether oxygens (including phenoxy) is 3. The van der Waals surface area contributed by atoms with Crippen LogP contribution in [0.25, 0.3) is 0 Å². The van der Waals surface area contributed by atoms with Crippen molar-refractivity contribution in [3.05, 3.63) is 12.7 Å². The van der Waals surface area contributed by atoms with Crippen molar-refractivity contribution in [3.63, 3.8) is 0 Å². The summed E-state index contributed by atoms with van der Waals surface area (Å²) in [6, 6.07) is 0. The fourth-order valence-electron chi connectivity index (χ4n) is 1.39. The van der Waals surface area contributed by atoms with Crippen molar-refractivity contribution >= 4 is 5.97 Å². The molecule has 0 aliphatic carbocycles. The van der Waals surface area contributed by atoms with E-state index in [1.54, 1.807) is 0 Å². The highest BCUT2D eigenvalue weighted by molar-refractivity contribution is 5.81. The summed E-state index contributed by atoms with van der Waals surface area (Å²) in [5, 5.41) is 0. The Kier molecular flexibility index (Phi) is 4.10. The fourth-order valence-corrected chi connectivity index (χ4v) is 1.39. The van der Waals surface area contributed by atoms with E-state index in [0.717, 1.165) is 12.5 Å². The number of hydrogen-bond acceptors (Lipinski definition) is 4. The summed E-state index contributed by atoms with van der Waals surface area (Å²) in [5.41, 5.74) is 0. The molecular formula is C10H16O4. The second kappa shape index (κ2) is 5.12. The zero-order valence-electron chi connectivity index (χ0n) is 8.45. The van der Waals surface area contributed by atoms with Crippen LogP contribution in [0.3, 0.4) is 0 Å². The number of rotatable bonds is 5. The van der Waals surface area contributed by atoms with Crippen LogP contribution in [-0.2, 0) is 19.0 Å². The zero-order valence-corrected chi connectivity index (χ0v) is 8.45. The normalized spacial score (nSPS) is 19.2. The lowest BCUT2D eigenvalue weighted by Gasteiger charge is -2.25. The summed E-state index contributed by atoms with van der Waals surface area (Å²) in [5.74, 6) is -0.948. The van der Waals surface area contributed by atoms with E-state index >= 15 is 0 Å². The van der Waals surface area contributed by atoms with Crippen molar-refractivity contribution in [2.24, 2.45) is 0 Å². The summed E-state index contributed by atoms with van der Waals surface area (Å²) in [4.78, 5) is 10.8. The molecule has 1 rings (SSSR count). The van der Waals surface area contributed by atoms with Gasteiger partial charge in [-0.2, -0.15) is 0 Å². The van der Waals surface area contributed by atoms with Crippen LogP contribution in [0.15, 0.2) is 12.7 Å². The Morgan fingerprint density at radius 2 is 2.21 bits per heavy atom. The molecule has 0 atom stereocenters. The highest BCUT2D eigenvalue weighted by atomic mass is 16.7. The number of hydrogen-bond donors (Lipinski definition) is 0. The molecule has 0 spiro atoms. The van der Waals surface area contributed by atoms with Gasteiger partial charge in [0, 0.05) is 12.5 Å². The summed E-state index contributed by atoms with van der Waals surface area (Å²) < 4.78 is 15.8. The van der Waals surface area contributed by atoms with Crippen LogP contribution in [0, 0.1) is 0 Å². The standard InChI is InChI=1S/C10H16O4/c1-3-9(11)12-6-5-10(4-2)13-7-8-14-10/h3H,1,4-8H2,2H3. The number of carbonyl (C=O) groups excluding carboxylic acids is 1. The first-order valence-electron chi connectivity index (χ1n) is 4.79. The summed E-state index contributed by atoms with van der Waals surface area (Å²) in [6.07, 6.45) is 2.48. The SMILES string of the molecule is C=CC(=O)OCCC1(CC)OCCO1. The van der Waals surface area contributed by atoms with E-state index in [0.29, 0.717) is 26.2 Å². The molecule has 1 aliphatic rings. The molecule has 14 heavy (non-hydrogen) atoms. The van der Waals surface area contributed by atoms with Gasteiger partial charge in [0.1, 0.15) is 0 Å². The molecule has 0 N–H and O–H groups in total. The van der Waals surface area contributed by atoms with Gasteiger partial charge < -0.3 is 14.2 Å². The number of carbonyl (C=O) groups is 1. The van der Waals surface area contributed by atoms with Gasteiger partial charge in [-0.25, -0.2) is 4.79 Å².